The number of likely N-dealkylation sites (tertiary alicyclic amines) is 1. The third-order valence-electron chi connectivity index (χ3n) is 3.66. The maximum absolute atomic E-state index is 12.3. The molecule has 24 heavy (non-hydrogen) atoms. The van der Waals surface area contributed by atoms with E-state index in [4.69, 9.17) is 15.3 Å². The van der Waals surface area contributed by atoms with E-state index in [1.807, 2.05) is 30.3 Å². The normalized spacial score (nSPS) is 20.8. The Hall–Kier alpha value is -2.12. The van der Waals surface area contributed by atoms with Crippen LogP contribution in [-0.4, -0.2) is 41.2 Å². The number of nitrogens with one attached hydrogen (secondary N) is 1. The van der Waals surface area contributed by atoms with Crippen molar-refractivity contribution in [3.63, 3.8) is 0 Å². The van der Waals surface area contributed by atoms with Gasteiger partial charge < -0.3 is 9.47 Å². The topological polar surface area (TPSA) is 93.9 Å². The van der Waals surface area contributed by atoms with Crippen LogP contribution in [0, 0.1) is 0 Å². The summed E-state index contributed by atoms with van der Waals surface area (Å²) in [6.45, 7) is 6.05. The van der Waals surface area contributed by atoms with E-state index in [0.717, 1.165) is 5.56 Å². The minimum atomic E-state index is -0.689. The molecule has 0 spiro atoms. The van der Waals surface area contributed by atoms with Gasteiger partial charge in [-0.25, -0.2) is 10.6 Å². The average molecular weight is 335 g/mol. The van der Waals surface area contributed by atoms with Crippen molar-refractivity contribution in [3.05, 3.63) is 35.9 Å². The molecule has 1 aliphatic heterocycles. The summed E-state index contributed by atoms with van der Waals surface area (Å²) in [4.78, 5) is 25.7. The maximum atomic E-state index is 12.3. The van der Waals surface area contributed by atoms with Crippen LogP contribution in [0.5, 0.6) is 0 Å². The minimum Gasteiger partial charge on any atom is -0.444 e. The third kappa shape index (κ3) is 4.94. The zero-order valence-corrected chi connectivity index (χ0v) is 14.3. The first-order valence-corrected chi connectivity index (χ1v) is 7.96. The first-order valence-electron chi connectivity index (χ1n) is 7.96. The highest BCUT2D eigenvalue weighted by Crippen LogP contribution is 2.24. The highest BCUT2D eigenvalue weighted by Gasteiger charge is 2.41. The number of hydrazine groups is 1. The smallest absolute Gasteiger partial charge is 0.411 e. The Morgan fingerprint density at radius 2 is 1.96 bits per heavy atom. The second-order valence-electron chi connectivity index (χ2n) is 6.81. The van der Waals surface area contributed by atoms with Gasteiger partial charge in [0.1, 0.15) is 11.6 Å². The molecule has 7 nitrogen and oxygen atoms in total. The standard InChI is InChI=1S/C17H25N3O4/c1-17(2,3)24-16(22)20-10-13(9-14(20)15(21)19-18)23-11-12-7-5-4-6-8-12/h4-8,13-14H,9-11,18H2,1-3H3,(H,19,21)/t13-,14-/m1/s1. The first-order chi connectivity index (χ1) is 11.3. The van der Waals surface area contributed by atoms with E-state index in [9.17, 15) is 9.59 Å². The molecule has 0 saturated carbocycles. The molecule has 0 unspecified atom stereocenters. The molecule has 2 amide bonds. The van der Waals surface area contributed by atoms with Crippen molar-refractivity contribution in [2.45, 2.75) is 51.5 Å². The monoisotopic (exact) mass is 335 g/mol. The molecule has 1 aliphatic rings. The van der Waals surface area contributed by atoms with Gasteiger partial charge in [-0.1, -0.05) is 30.3 Å². The number of nitrogens with two attached hydrogens (primary N) is 1. The summed E-state index contributed by atoms with van der Waals surface area (Å²) in [5, 5.41) is 0. The molecule has 0 bridgehead atoms. The number of hydrogen-bond acceptors (Lipinski definition) is 5. The lowest BCUT2D eigenvalue weighted by atomic mass is 10.2. The molecule has 2 rings (SSSR count). The van der Waals surface area contributed by atoms with Gasteiger partial charge >= 0.3 is 6.09 Å². The molecule has 0 radical (unpaired) electrons. The maximum Gasteiger partial charge on any atom is 0.411 e. The summed E-state index contributed by atoms with van der Waals surface area (Å²) < 4.78 is 11.2. The van der Waals surface area contributed by atoms with Crippen LogP contribution in [0.25, 0.3) is 0 Å². The number of hydrogen-bond donors (Lipinski definition) is 2. The molecule has 3 N–H and O–H groups in total. The fourth-order valence-electron chi connectivity index (χ4n) is 2.57. The van der Waals surface area contributed by atoms with E-state index in [0.29, 0.717) is 19.6 Å². The van der Waals surface area contributed by atoms with E-state index < -0.39 is 23.6 Å². The summed E-state index contributed by atoms with van der Waals surface area (Å²) in [5.41, 5.74) is 2.51. The Morgan fingerprint density at radius 3 is 2.54 bits per heavy atom. The number of benzene rings is 1. The van der Waals surface area contributed by atoms with Crippen molar-refractivity contribution in [3.8, 4) is 0 Å². The van der Waals surface area contributed by atoms with Gasteiger partial charge in [0.15, 0.2) is 0 Å². The highest BCUT2D eigenvalue weighted by atomic mass is 16.6. The van der Waals surface area contributed by atoms with Gasteiger partial charge in [-0.2, -0.15) is 0 Å². The minimum absolute atomic E-state index is 0.250. The van der Waals surface area contributed by atoms with Crippen LogP contribution < -0.4 is 11.3 Å². The Bertz CT molecular complexity index is 571. The van der Waals surface area contributed by atoms with Crippen LogP contribution in [0.1, 0.15) is 32.8 Å². The Labute approximate surface area is 142 Å². The first kappa shape index (κ1) is 18.2. The van der Waals surface area contributed by atoms with Crippen molar-refractivity contribution in [1.29, 1.82) is 0 Å². The van der Waals surface area contributed by atoms with Crippen LogP contribution in [0.2, 0.25) is 0 Å². The summed E-state index contributed by atoms with van der Waals surface area (Å²) >= 11 is 0. The van der Waals surface area contributed by atoms with Gasteiger partial charge in [0.25, 0.3) is 5.91 Å². The molecular formula is C17H25N3O4. The predicted molar refractivity (Wildman–Crippen MR) is 88.7 cm³/mol. The summed E-state index contributed by atoms with van der Waals surface area (Å²) in [5.74, 6) is 4.81. The number of carbonyl (C=O) groups is 2. The number of ether oxygens (including phenoxy) is 2. The van der Waals surface area contributed by atoms with Crippen LogP contribution in [0.15, 0.2) is 30.3 Å². The van der Waals surface area contributed by atoms with Crippen LogP contribution in [0.4, 0.5) is 4.79 Å². The predicted octanol–water partition coefficient (Wildman–Crippen LogP) is 1.57. The van der Waals surface area contributed by atoms with Crippen LogP contribution >= 0.6 is 0 Å². The molecule has 1 heterocycles. The molecule has 0 aliphatic carbocycles. The summed E-state index contributed by atoms with van der Waals surface area (Å²) in [6, 6.07) is 9.04. The lowest BCUT2D eigenvalue weighted by Crippen LogP contribution is -2.49. The molecule has 2 atom stereocenters. The van der Waals surface area contributed by atoms with Gasteiger partial charge in [-0.15, -0.1) is 0 Å². The Kier molecular flexibility index (Phi) is 5.80. The second kappa shape index (κ2) is 7.63. The molecule has 0 aromatic heterocycles. The molecular weight excluding hydrogens is 310 g/mol. The number of carbonyl (C=O) groups excluding carboxylic acids is 2. The number of nitrogens with zero attached hydrogens (tertiary/aromatic N) is 1. The molecule has 7 heteroatoms. The number of rotatable bonds is 4. The van der Waals surface area contributed by atoms with E-state index in [1.54, 1.807) is 20.8 Å². The largest absolute Gasteiger partial charge is 0.444 e. The van der Waals surface area contributed by atoms with Gasteiger partial charge in [0.2, 0.25) is 0 Å². The zero-order chi connectivity index (χ0) is 17.7. The Morgan fingerprint density at radius 1 is 1.29 bits per heavy atom. The van der Waals surface area contributed by atoms with E-state index in [-0.39, 0.29) is 6.10 Å². The van der Waals surface area contributed by atoms with Gasteiger partial charge in [0.05, 0.1) is 19.3 Å². The fourth-order valence-corrected chi connectivity index (χ4v) is 2.57. The van der Waals surface area contributed by atoms with Gasteiger partial charge in [-0.05, 0) is 26.3 Å². The summed E-state index contributed by atoms with van der Waals surface area (Å²) in [7, 11) is 0. The SMILES string of the molecule is CC(C)(C)OC(=O)N1C[C@H](OCc2ccccc2)C[C@@H]1C(=O)NN. The van der Waals surface area contributed by atoms with Crippen molar-refractivity contribution < 1.29 is 19.1 Å². The highest BCUT2D eigenvalue weighted by molar-refractivity contribution is 5.86. The zero-order valence-electron chi connectivity index (χ0n) is 14.3. The van der Waals surface area contributed by atoms with E-state index in [2.05, 4.69) is 5.43 Å². The van der Waals surface area contributed by atoms with Gasteiger partial charge in [-0.3, -0.25) is 15.1 Å². The molecule has 1 saturated heterocycles. The quantitative estimate of drug-likeness (QED) is 0.495. The average Bonchev–Trinajstić information content (AvgIpc) is 2.96. The van der Waals surface area contributed by atoms with E-state index in [1.165, 1.54) is 4.90 Å². The lowest BCUT2D eigenvalue weighted by Gasteiger charge is -2.27. The fraction of sp³-hybridized carbons (Fsp3) is 0.529. The van der Waals surface area contributed by atoms with E-state index >= 15 is 0 Å². The third-order valence-corrected chi connectivity index (χ3v) is 3.66. The summed E-state index contributed by atoms with van der Waals surface area (Å²) in [6.07, 6.45) is -0.406. The Balaban J connectivity index is 2.01. The van der Waals surface area contributed by atoms with Crippen LogP contribution in [-0.2, 0) is 20.9 Å². The molecule has 1 aromatic rings. The van der Waals surface area contributed by atoms with Crippen molar-refractivity contribution >= 4 is 12.0 Å². The molecule has 1 fully saturated rings. The van der Waals surface area contributed by atoms with Crippen molar-refractivity contribution in [1.82, 2.24) is 10.3 Å². The van der Waals surface area contributed by atoms with Crippen LogP contribution in [0.3, 0.4) is 0 Å². The van der Waals surface area contributed by atoms with Crippen molar-refractivity contribution in [2.75, 3.05) is 6.54 Å². The van der Waals surface area contributed by atoms with Gasteiger partial charge in [0, 0.05) is 6.42 Å². The molecule has 1 aromatic carbocycles. The molecule has 132 valence electrons. The second-order valence-corrected chi connectivity index (χ2v) is 6.81. The lowest BCUT2D eigenvalue weighted by molar-refractivity contribution is -0.125. The number of amides is 2. The van der Waals surface area contributed by atoms with Crippen molar-refractivity contribution in [2.24, 2.45) is 5.84 Å².